The smallest absolute Gasteiger partial charge is 0.203 e. The van der Waals surface area contributed by atoms with E-state index in [0.29, 0.717) is 5.02 Å². The minimum absolute atomic E-state index is 0.102. The Hall–Kier alpha value is -1.68. The van der Waals surface area contributed by atoms with E-state index < -0.39 is 0 Å². The van der Waals surface area contributed by atoms with Gasteiger partial charge in [-0.1, -0.05) is 23.7 Å². The summed E-state index contributed by atoms with van der Waals surface area (Å²) in [5, 5.41) is 6.77. The Balaban J connectivity index is 2.13. The van der Waals surface area contributed by atoms with E-state index in [1.54, 1.807) is 12.1 Å². The number of aromatic nitrogens is 3. The van der Waals surface area contributed by atoms with Gasteiger partial charge in [0.2, 0.25) is 5.78 Å². The van der Waals surface area contributed by atoms with Gasteiger partial charge < -0.3 is 0 Å². The van der Waals surface area contributed by atoms with Gasteiger partial charge in [0, 0.05) is 11.4 Å². The highest BCUT2D eigenvalue weighted by atomic mass is 35.5. The standard InChI is InChI=1S/C10H8ClN3O/c11-8-3-1-2-7(4-8)5-9(15)10-12-6-13-14-10/h1-4,6H,5H2,(H,12,13,14). The molecule has 0 aliphatic heterocycles. The number of Topliss-reactive ketones (excluding diaryl/α,β-unsaturated/α-hetero) is 1. The molecule has 2 rings (SSSR count). The van der Waals surface area contributed by atoms with Crippen LogP contribution in [0.25, 0.3) is 0 Å². The first kappa shape index (κ1) is 9.86. The van der Waals surface area contributed by atoms with Crippen molar-refractivity contribution in [1.29, 1.82) is 0 Å². The van der Waals surface area contributed by atoms with E-state index in [1.807, 2.05) is 12.1 Å². The number of hydrogen-bond acceptors (Lipinski definition) is 3. The van der Waals surface area contributed by atoms with E-state index in [1.165, 1.54) is 6.33 Å². The van der Waals surface area contributed by atoms with Crippen LogP contribution in [0, 0.1) is 0 Å². The molecule has 1 heterocycles. The quantitative estimate of drug-likeness (QED) is 0.806. The maximum atomic E-state index is 11.6. The van der Waals surface area contributed by atoms with E-state index in [2.05, 4.69) is 15.2 Å². The van der Waals surface area contributed by atoms with Crippen LogP contribution in [0.15, 0.2) is 30.6 Å². The Labute approximate surface area is 91.3 Å². The third-order valence-corrected chi connectivity index (χ3v) is 2.17. The van der Waals surface area contributed by atoms with Crippen LogP contribution < -0.4 is 0 Å². The van der Waals surface area contributed by atoms with Crippen molar-refractivity contribution in [3.8, 4) is 0 Å². The minimum Gasteiger partial charge on any atom is -0.290 e. The normalized spacial score (nSPS) is 10.2. The number of nitrogens with one attached hydrogen (secondary N) is 1. The summed E-state index contributed by atoms with van der Waals surface area (Å²) in [6.45, 7) is 0. The van der Waals surface area contributed by atoms with Gasteiger partial charge in [-0.2, -0.15) is 5.10 Å². The summed E-state index contributed by atoms with van der Waals surface area (Å²) in [7, 11) is 0. The number of carbonyl (C=O) groups is 1. The molecule has 5 heteroatoms. The highest BCUT2D eigenvalue weighted by Crippen LogP contribution is 2.12. The number of carbonyl (C=O) groups excluding carboxylic acids is 1. The van der Waals surface area contributed by atoms with E-state index in [4.69, 9.17) is 11.6 Å². The largest absolute Gasteiger partial charge is 0.290 e. The summed E-state index contributed by atoms with van der Waals surface area (Å²) < 4.78 is 0. The van der Waals surface area contributed by atoms with Crippen LogP contribution in [0.4, 0.5) is 0 Å². The number of H-pyrrole nitrogens is 1. The fraction of sp³-hybridized carbons (Fsp3) is 0.100. The van der Waals surface area contributed by atoms with Crippen molar-refractivity contribution >= 4 is 17.4 Å². The second kappa shape index (κ2) is 4.23. The predicted octanol–water partition coefficient (Wildman–Crippen LogP) is 1.88. The summed E-state index contributed by atoms with van der Waals surface area (Å²) in [6, 6.07) is 7.19. The summed E-state index contributed by atoms with van der Waals surface area (Å²) in [6.07, 6.45) is 1.58. The summed E-state index contributed by atoms with van der Waals surface area (Å²) >= 11 is 5.81. The average Bonchev–Trinajstić information content (AvgIpc) is 2.70. The van der Waals surface area contributed by atoms with Crippen molar-refractivity contribution in [2.45, 2.75) is 6.42 Å². The van der Waals surface area contributed by atoms with Crippen LogP contribution in [0.3, 0.4) is 0 Å². The zero-order chi connectivity index (χ0) is 10.7. The van der Waals surface area contributed by atoms with E-state index in [9.17, 15) is 4.79 Å². The van der Waals surface area contributed by atoms with Crippen LogP contribution in [0.2, 0.25) is 5.02 Å². The number of benzene rings is 1. The van der Waals surface area contributed by atoms with Gasteiger partial charge in [0.25, 0.3) is 0 Å². The number of rotatable bonds is 3. The molecule has 0 radical (unpaired) electrons. The fourth-order valence-corrected chi connectivity index (χ4v) is 1.47. The number of aromatic amines is 1. The molecule has 4 nitrogen and oxygen atoms in total. The molecule has 0 saturated carbocycles. The van der Waals surface area contributed by atoms with Crippen LogP contribution in [0.5, 0.6) is 0 Å². The molecule has 0 amide bonds. The van der Waals surface area contributed by atoms with Gasteiger partial charge in [-0.25, -0.2) is 4.98 Å². The molecule has 0 saturated heterocycles. The number of hydrogen-bond donors (Lipinski definition) is 1. The Kier molecular flexibility index (Phi) is 2.78. The first-order chi connectivity index (χ1) is 7.25. The van der Waals surface area contributed by atoms with Crippen molar-refractivity contribution in [2.24, 2.45) is 0 Å². The zero-order valence-corrected chi connectivity index (χ0v) is 8.53. The highest BCUT2D eigenvalue weighted by Gasteiger charge is 2.09. The summed E-state index contributed by atoms with van der Waals surface area (Å²) in [5.74, 6) is 0.171. The molecule has 0 unspecified atom stereocenters. The lowest BCUT2D eigenvalue weighted by atomic mass is 10.1. The third-order valence-electron chi connectivity index (χ3n) is 1.93. The van der Waals surface area contributed by atoms with E-state index in [-0.39, 0.29) is 18.0 Å². The van der Waals surface area contributed by atoms with Gasteiger partial charge in [0.1, 0.15) is 6.33 Å². The molecule has 0 bridgehead atoms. The molecule has 76 valence electrons. The molecule has 2 aromatic rings. The molecule has 0 aliphatic carbocycles. The van der Waals surface area contributed by atoms with Gasteiger partial charge in [0.05, 0.1) is 0 Å². The highest BCUT2D eigenvalue weighted by molar-refractivity contribution is 6.30. The van der Waals surface area contributed by atoms with Crippen molar-refractivity contribution < 1.29 is 4.79 Å². The van der Waals surface area contributed by atoms with Gasteiger partial charge in [-0.3, -0.25) is 9.89 Å². The Bertz CT molecular complexity index is 467. The van der Waals surface area contributed by atoms with Crippen molar-refractivity contribution in [3.63, 3.8) is 0 Å². The van der Waals surface area contributed by atoms with Gasteiger partial charge in [-0.05, 0) is 17.7 Å². The van der Waals surface area contributed by atoms with E-state index in [0.717, 1.165) is 5.56 Å². The number of halogens is 1. The maximum Gasteiger partial charge on any atom is 0.203 e. The minimum atomic E-state index is -0.102. The lowest BCUT2D eigenvalue weighted by Gasteiger charge is -1.98. The average molecular weight is 222 g/mol. The van der Waals surface area contributed by atoms with Crippen LogP contribution in [-0.4, -0.2) is 21.0 Å². The van der Waals surface area contributed by atoms with Crippen molar-refractivity contribution in [3.05, 3.63) is 47.0 Å². The van der Waals surface area contributed by atoms with Crippen LogP contribution in [-0.2, 0) is 6.42 Å². The van der Waals surface area contributed by atoms with Gasteiger partial charge >= 0.3 is 0 Å². The van der Waals surface area contributed by atoms with Gasteiger partial charge in [-0.15, -0.1) is 0 Å². The molecule has 1 aromatic carbocycles. The first-order valence-electron chi connectivity index (χ1n) is 4.39. The molecule has 0 fully saturated rings. The monoisotopic (exact) mass is 221 g/mol. The molecule has 0 spiro atoms. The third kappa shape index (κ3) is 2.41. The van der Waals surface area contributed by atoms with Crippen molar-refractivity contribution in [2.75, 3.05) is 0 Å². The number of nitrogens with zero attached hydrogens (tertiary/aromatic N) is 2. The van der Waals surface area contributed by atoms with Crippen molar-refractivity contribution in [1.82, 2.24) is 15.2 Å². The van der Waals surface area contributed by atoms with Gasteiger partial charge in [0.15, 0.2) is 5.82 Å². The Morgan fingerprint density at radius 2 is 2.33 bits per heavy atom. The number of ketones is 1. The summed E-state index contributed by atoms with van der Waals surface area (Å²) in [5.41, 5.74) is 0.865. The Morgan fingerprint density at radius 1 is 1.47 bits per heavy atom. The lowest BCUT2D eigenvalue weighted by molar-refractivity contribution is 0.0983. The topological polar surface area (TPSA) is 58.6 Å². The fourth-order valence-electron chi connectivity index (χ4n) is 1.26. The molecule has 15 heavy (non-hydrogen) atoms. The predicted molar refractivity (Wildman–Crippen MR) is 55.9 cm³/mol. The lowest BCUT2D eigenvalue weighted by Crippen LogP contribution is -2.05. The second-order valence-electron chi connectivity index (χ2n) is 3.06. The molecule has 1 aromatic heterocycles. The van der Waals surface area contributed by atoms with E-state index >= 15 is 0 Å². The second-order valence-corrected chi connectivity index (χ2v) is 3.50. The van der Waals surface area contributed by atoms with Crippen LogP contribution in [0.1, 0.15) is 16.2 Å². The molecular formula is C10H8ClN3O. The Morgan fingerprint density at radius 3 is 3.00 bits per heavy atom. The first-order valence-corrected chi connectivity index (χ1v) is 4.76. The van der Waals surface area contributed by atoms with Crippen LogP contribution >= 0.6 is 11.6 Å². The maximum absolute atomic E-state index is 11.6. The zero-order valence-electron chi connectivity index (χ0n) is 7.77. The SMILES string of the molecule is O=C(Cc1cccc(Cl)c1)c1ncn[nH]1. The molecular weight excluding hydrogens is 214 g/mol. The molecule has 0 aliphatic rings. The summed E-state index contributed by atoms with van der Waals surface area (Å²) in [4.78, 5) is 15.4. The molecule has 0 atom stereocenters. The molecule has 1 N–H and O–H groups in total.